The van der Waals surface area contributed by atoms with Crippen LogP contribution in [-0.4, -0.2) is 23.2 Å². The number of nitro groups is 1. The fourth-order valence-electron chi connectivity index (χ4n) is 1.86. The zero-order valence-corrected chi connectivity index (χ0v) is 11.6. The summed E-state index contributed by atoms with van der Waals surface area (Å²) in [6, 6.07) is 6.08. The van der Waals surface area contributed by atoms with E-state index in [0.29, 0.717) is 0 Å². The molecule has 0 spiro atoms. The SMILES string of the molecule is CCC(CC)(CO)COc1cccc([N+](=O)[O-])c1C#N. The van der Waals surface area contributed by atoms with Crippen molar-refractivity contribution in [3.8, 4) is 11.8 Å². The Kier molecular flexibility index (Phi) is 5.47. The number of ether oxygens (including phenoxy) is 1. The summed E-state index contributed by atoms with van der Waals surface area (Å²) < 4.78 is 5.57. The Hall–Kier alpha value is -2.13. The lowest BCUT2D eigenvalue weighted by Gasteiger charge is -2.29. The van der Waals surface area contributed by atoms with Gasteiger partial charge in [0.2, 0.25) is 0 Å². The van der Waals surface area contributed by atoms with Crippen LogP contribution in [0.25, 0.3) is 0 Å². The van der Waals surface area contributed by atoms with E-state index in [4.69, 9.17) is 10.00 Å². The van der Waals surface area contributed by atoms with Gasteiger partial charge in [-0.3, -0.25) is 10.1 Å². The summed E-state index contributed by atoms with van der Waals surface area (Å²) in [6.45, 7) is 4.08. The van der Waals surface area contributed by atoms with Crippen molar-refractivity contribution in [2.24, 2.45) is 5.41 Å². The quantitative estimate of drug-likeness (QED) is 0.611. The van der Waals surface area contributed by atoms with Crippen LogP contribution in [0, 0.1) is 26.9 Å². The minimum absolute atomic E-state index is 0.0309. The summed E-state index contributed by atoms with van der Waals surface area (Å²) in [5.74, 6) is 0.182. The lowest BCUT2D eigenvalue weighted by molar-refractivity contribution is -0.385. The number of hydrogen-bond acceptors (Lipinski definition) is 5. The Morgan fingerprint density at radius 2 is 2.10 bits per heavy atom. The maximum Gasteiger partial charge on any atom is 0.290 e. The molecular weight excluding hydrogens is 260 g/mol. The van der Waals surface area contributed by atoms with Crippen LogP contribution in [0.2, 0.25) is 0 Å². The molecule has 0 heterocycles. The molecule has 0 saturated carbocycles. The molecule has 0 atom stereocenters. The number of aliphatic hydroxyl groups is 1. The standard InChI is InChI=1S/C14H18N2O4/c1-3-14(4-2,9-17)10-20-13-7-5-6-12(16(18)19)11(13)8-15/h5-7,17H,3-4,9-10H2,1-2H3. The van der Waals surface area contributed by atoms with Crippen LogP contribution in [0.5, 0.6) is 5.75 Å². The van der Waals surface area contributed by atoms with Crippen LogP contribution in [0.15, 0.2) is 18.2 Å². The number of benzene rings is 1. The predicted octanol–water partition coefficient (Wildman–Crippen LogP) is 2.64. The van der Waals surface area contributed by atoms with Crippen molar-refractivity contribution in [1.29, 1.82) is 5.26 Å². The Bertz CT molecular complexity index is 510. The van der Waals surface area contributed by atoms with Gasteiger partial charge in [-0.2, -0.15) is 5.26 Å². The largest absolute Gasteiger partial charge is 0.491 e. The zero-order chi connectivity index (χ0) is 15.2. The van der Waals surface area contributed by atoms with E-state index in [0.717, 1.165) is 12.8 Å². The molecule has 1 N–H and O–H groups in total. The average molecular weight is 278 g/mol. The molecule has 20 heavy (non-hydrogen) atoms. The highest BCUT2D eigenvalue weighted by atomic mass is 16.6. The number of rotatable bonds is 7. The summed E-state index contributed by atoms with van der Waals surface area (Å²) in [7, 11) is 0. The molecule has 1 aromatic carbocycles. The van der Waals surface area contributed by atoms with E-state index in [9.17, 15) is 15.2 Å². The first-order valence-electron chi connectivity index (χ1n) is 6.44. The first-order valence-corrected chi connectivity index (χ1v) is 6.44. The monoisotopic (exact) mass is 278 g/mol. The molecule has 0 bridgehead atoms. The van der Waals surface area contributed by atoms with Crippen molar-refractivity contribution in [3.05, 3.63) is 33.9 Å². The number of nitriles is 1. The maximum absolute atomic E-state index is 10.9. The molecule has 0 saturated heterocycles. The van der Waals surface area contributed by atoms with Crippen LogP contribution in [0.1, 0.15) is 32.3 Å². The third-order valence-electron chi connectivity index (χ3n) is 3.68. The third-order valence-corrected chi connectivity index (χ3v) is 3.68. The van der Waals surface area contributed by atoms with Crippen LogP contribution in [0.3, 0.4) is 0 Å². The van der Waals surface area contributed by atoms with Crippen molar-refractivity contribution >= 4 is 5.69 Å². The Morgan fingerprint density at radius 3 is 2.55 bits per heavy atom. The molecule has 0 fully saturated rings. The Labute approximate surface area is 117 Å². The van der Waals surface area contributed by atoms with Gasteiger partial charge >= 0.3 is 0 Å². The molecule has 0 amide bonds. The van der Waals surface area contributed by atoms with Crippen molar-refractivity contribution < 1.29 is 14.8 Å². The van der Waals surface area contributed by atoms with E-state index >= 15 is 0 Å². The zero-order valence-electron chi connectivity index (χ0n) is 11.6. The fraction of sp³-hybridized carbons (Fsp3) is 0.500. The van der Waals surface area contributed by atoms with Crippen LogP contribution >= 0.6 is 0 Å². The van der Waals surface area contributed by atoms with Crippen molar-refractivity contribution in [3.63, 3.8) is 0 Å². The van der Waals surface area contributed by atoms with Crippen LogP contribution in [-0.2, 0) is 0 Å². The first kappa shape index (κ1) is 15.9. The Balaban J connectivity index is 3.02. The maximum atomic E-state index is 10.9. The molecular formula is C14H18N2O4. The molecule has 0 unspecified atom stereocenters. The predicted molar refractivity (Wildman–Crippen MR) is 73.4 cm³/mol. The lowest BCUT2D eigenvalue weighted by Crippen LogP contribution is -2.31. The second-order valence-electron chi connectivity index (χ2n) is 4.67. The fourth-order valence-corrected chi connectivity index (χ4v) is 1.86. The van der Waals surface area contributed by atoms with Crippen LogP contribution < -0.4 is 4.74 Å². The topological polar surface area (TPSA) is 96.4 Å². The molecule has 0 aliphatic rings. The molecule has 6 nitrogen and oxygen atoms in total. The van der Waals surface area contributed by atoms with Gasteiger partial charge in [-0.15, -0.1) is 0 Å². The highest BCUT2D eigenvalue weighted by Gasteiger charge is 2.27. The third kappa shape index (κ3) is 3.25. The number of nitro benzene ring substituents is 1. The smallest absolute Gasteiger partial charge is 0.290 e. The van der Waals surface area contributed by atoms with Gasteiger partial charge in [0.25, 0.3) is 5.69 Å². The van der Waals surface area contributed by atoms with E-state index in [-0.39, 0.29) is 30.2 Å². The second-order valence-corrected chi connectivity index (χ2v) is 4.67. The molecule has 108 valence electrons. The minimum atomic E-state index is -0.607. The van der Waals surface area contributed by atoms with Crippen LogP contribution in [0.4, 0.5) is 5.69 Å². The highest BCUT2D eigenvalue weighted by molar-refractivity contribution is 5.56. The average Bonchev–Trinajstić information content (AvgIpc) is 2.48. The Morgan fingerprint density at radius 1 is 1.45 bits per heavy atom. The molecule has 0 aliphatic heterocycles. The summed E-state index contributed by atoms with van der Waals surface area (Å²) in [5.41, 5.74) is -0.749. The van der Waals surface area contributed by atoms with Crippen molar-refractivity contribution in [1.82, 2.24) is 0 Å². The first-order chi connectivity index (χ1) is 9.53. The summed E-state index contributed by atoms with van der Waals surface area (Å²) in [6.07, 6.45) is 1.44. The van der Waals surface area contributed by atoms with Gasteiger partial charge < -0.3 is 9.84 Å². The molecule has 0 radical (unpaired) electrons. The van der Waals surface area contributed by atoms with E-state index in [1.54, 1.807) is 6.07 Å². The van der Waals surface area contributed by atoms with Gasteiger partial charge in [0.05, 0.1) is 18.1 Å². The van der Waals surface area contributed by atoms with E-state index in [2.05, 4.69) is 0 Å². The van der Waals surface area contributed by atoms with Gasteiger partial charge in [0, 0.05) is 11.5 Å². The van der Waals surface area contributed by atoms with E-state index in [1.807, 2.05) is 13.8 Å². The van der Waals surface area contributed by atoms with Gasteiger partial charge in [0.1, 0.15) is 11.8 Å². The molecule has 0 aliphatic carbocycles. The normalized spacial score (nSPS) is 10.9. The highest BCUT2D eigenvalue weighted by Crippen LogP contribution is 2.31. The van der Waals surface area contributed by atoms with Gasteiger partial charge in [-0.1, -0.05) is 19.9 Å². The molecule has 0 aromatic heterocycles. The van der Waals surface area contributed by atoms with Gasteiger partial charge in [0.15, 0.2) is 5.56 Å². The molecule has 1 aromatic rings. The van der Waals surface area contributed by atoms with Gasteiger partial charge in [-0.05, 0) is 18.9 Å². The molecule has 1 rings (SSSR count). The number of aliphatic hydroxyl groups excluding tert-OH is 1. The summed E-state index contributed by atoms with van der Waals surface area (Å²) in [4.78, 5) is 10.3. The second kappa shape index (κ2) is 6.87. The van der Waals surface area contributed by atoms with E-state index < -0.39 is 10.3 Å². The summed E-state index contributed by atoms with van der Waals surface area (Å²) in [5, 5.41) is 29.4. The summed E-state index contributed by atoms with van der Waals surface area (Å²) >= 11 is 0. The van der Waals surface area contributed by atoms with Crippen molar-refractivity contribution in [2.75, 3.05) is 13.2 Å². The lowest BCUT2D eigenvalue weighted by atomic mass is 9.84. The van der Waals surface area contributed by atoms with E-state index in [1.165, 1.54) is 18.2 Å². The number of nitrogens with zero attached hydrogens (tertiary/aromatic N) is 2. The molecule has 6 heteroatoms. The minimum Gasteiger partial charge on any atom is -0.491 e. The van der Waals surface area contributed by atoms with Gasteiger partial charge in [-0.25, -0.2) is 0 Å². The number of hydrogen-bond donors (Lipinski definition) is 1. The van der Waals surface area contributed by atoms with Crippen molar-refractivity contribution in [2.45, 2.75) is 26.7 Å².